The predicted molar refractivity (Wildman–Crippen MR) is 108 cm³/mol. The van der Waals surface area contributed by atoms with Gasteiger partial charge in [-0.05, 0) is 67.4 Å². The summed E-state index contributed by atoms with van der Waals surface area (Å²) in [6.45, 7) is 6.56. The minimum Gasteiger partial charge on any atom is -0.489 e. The van der Waals surface area contributed by atoms with Gasteiger partial charge >= 0.3 is 0 Å². The quantitative estimate of drug-likeness (QED) is 0.651. The van der Waals surface area contributed by atoms with Crippen molar-refractivity contribution in [3.63, 3.8) is 0 Å². The summed E-state index contributed by atoms with van der Waals surface area (Å²) in [5, 5.41) is 10.1. The van der Waals surface area contributed by atoms with Crippen LogP contribution in [0.1, 0.15) is 22.4 Å². The van der Waals surface area contributed by atoms with Gasteiger partial charge in [-0.3, -0.25) is 4.98 Å². The van der Waals surface area contributed by atoms with Crippen molar-refractivity contribution in [1.82, 2.24) is 4.98 Å². The Labute approximate surface area is 164 Å². The standard InChI is InChI=1S/C23H21N3O2/c1-14-7-19-20(9-17(14)13-27-18-5-3-16(10-24)4-6-18)25-15(2)8-21(19)26-11-22-23(12-26)28-22/h3-9,22-23H,11-13H2,1-2H3/t22-,23?/m0/s1. The first kappa shape index (κ1) is 17.0. The van der Waals surface area contributed by atoms with Crippen LogP contribution in [-0.2, 0) is 11.3 Å². The van der Waals surface area contributed by atoms with Crippen molar-refractivity contribution in [2.45, 2.75) is 32.7 Å². The van der Waals surface area contributed by atoms with E-state index >= 15 is 0 Å². The van der Waals surface area contributed by atoms with Gasteiger partial charge in [-0.25, -0.2) is 0 Å². The van der Waals surface area contributed by atoms with E-state index in [4.69, 9.17) is 19.7 Å². The predicted octanol–water partition coefficient (Wildman–Crippen LogP) is 3.89. The van der Waals surface area contributed by atoms with Gasteiger partial charge in [-0.2, -0.15) is 5.26 Å². The molecule has 0 N–H and O–H groups in total. The van der Waals surface area contributed by atoms with Gasteiger partial charge in [0.15, 0.2) is 0 Å². The summed E-state index contributed by atoms with van der Waals surface area (Å²) in [5.41, 5.74) is 6.21. The Morgan fingerprint density at radius 3 is 2.61 bits per heavy atom. The average Bonchev–Trinajstić information content (AvgIpc) is 3.31. The second-order valence-electron chi connectivity index (χ2n) is 7.62. The number of ether oxygens (including phenoxy) is 2. The summed E-state index contributed by atoms with van der Waals surface area (Å²) in [7, 11) is 0. The van der Waals surface area contributed by atoms with Crippen molar-refractivity contribution in [2.24, 2.45) is 0 Å². The highest BCUT2D eigenvalue weighted by Gasteiger charge is 2.47. The molecule has 5 nitrogen and oxygen atoms in total. The number of benzene rings is 2. The number of hydrogen-bond acceptors (Lipinski definition) is 5. The Bertz CT molecular complexity index is 1090. The lowest BCUT2D eigenvalue weighted by Crippen LogP contribution is -2.24. The molecule has 0 saturated carbocycles. The first-order valence-corrected chi connectivity index (χ1v) is 9.55. The minimum atomic E-state index is 0.407. The third-order valence-electron chi connectivity index (χ3n) is 5.58. The highest BCUT2D eigenvalue weighted by atomic mass is 16.6. The monoisotopic (exact) mass is 371 g/mol. The molecule has 0 amide bonds. The maximum Gasteiger partial charge on any atom is 0.119 e. The summed E-state index contributed by atoms with van der Waals surface area (Å²) >= 11 is 0. The van der Waals surface area contributed by atoms with E-state index < -0.39 is 0 Å². The summed E-state index contributed by atoms with van der Waals surface area (Å²) in [6.07, 6.45) is 0.814. The van der Waals surface area contributed by atoms with Gasteiger partial charge in [-0.1, -0.05) is 0 Å². The molecule has 2 fully saturated rings. The lowest BCUT2D eigenvalue weighted by atomic mass is 10.0. The second kappa shape index (κ2) is 6.50. The molecule has 0 radical (unpaired) electrons. The molecule has 140 valence electrons. The highest BCUT2D eigenvalue weighted by molar-refractivity contribution is 5.93. The molecule has 2 atom stereocenters. The number of nitriles is 1. The fraction of sp³-hybridized carbons (Fsp3) is 0.304. The normalized spacial score (nSPS) is 20.1. The molecule has 28 heavy (non-hydrogen) atoms. The fourth-order valence-electron chi connectivity index (χ4n) is 3.95. The van der Waals surface area contributed by atoms with E-state index in [2.05, 4.69) is 36.1 Å². The number of rotatable bonds is 4. The number of pyridine rings is 1. The molecule has 1 aromatic heterocycles. The van der Waals surface area contributed by atoms with Crippen LogP contribution >= 0.6 is 0 Å². The lowest BCUT2D eigenvalue weighted by molar-refractivity contribution is 0.305. The van der Waals surface area contributed by atoms with Gasteiger partial charge in [0.1, 0.15) is 24.6 Å². The van der Waals surface area contributed by atoms with Gasteiger partial charge in [0.25, 0.3) is 0 Å². The van der Waals surface area contributed by atoms with E-state index in [1.54, 1.807) is 12.1 Å². The van der Waals surface area contributed by atoms with E-state index in [0.29, 0.717) is 24.4 Å². The Balaban J connectivity index is 1.43. The van der Waals surface area contributed by atoms with Crippen LogP contribution in [0.25, 0.3) is 10.9 Å². The largest absolute Gasteiger partial charge is 0.489 e. The molecule has 2 aliphatic heterocycles. The van der Waals surface area contributed by atoms with Crippen LogP contribution in [0.3, 0.4) is 0 Å². The number of anilines is 1. The Morgan fingerprint density at radius 1 is 1.14 bits per heavy atom. The van der Waals surface area contributed by atoms with Crippen LogP contribution in [0.2, 0.25) is 0 Å². The first-order chi connectivity index (χ1) is 13.6. The number of aryl methyl sites for hydroxylation is 2. The number of epoxide rings is 1. The van der Waals surface area contributed by atoms with E-state index in [-0.39, 0.29) is 0 Å². The van der Waals surface area contributed by atoms with Gasteiger partial charge in [0.05, 0.1) is 17.1 Å². The molecule has 3 heterocycles. The second-order valence-corrected chi connectivity index (χ2v) is 7.62. The highest BCUT2D eigenvalue weighted by Crippen LogP contribution is 2.37. The number of fused-ring (bicyclic) bond motifs is 2. The molecule has 5 rings (SSSR count). The number of aromatic nitrogens is 1. The van der Waals surface area contributed by atoms with Crippen molar-refractivity contribution in [3.8, 4) is 11.8 Å². The van der Waals surface area contributed by atoms with Gasteiger partial charge in [-0.15, -0.1) is 0 Å². The maximum absolute atomic E-state index is 8.91. The molecule has 2 aliphatic rings. The van der Waals surface area contributed by atoms with Crippen molar-refractivity contribution in [1.29, 1.82) is 5.26 Å². The summed E-state index contributed by atoms with van der Waals surface area (Å²) in [6, 6.07) is 15.9. The third-order valence-corrected chi connectivity index (χ3v) is 5.58. The lowest BCUT2D eigenvalue weighted by Gasteiger charge is -2.22. The topological polar surface area (TPSA) is 61.7 Å². The molecular weight excluding hydrogens is 350 g/mol. The number of morpholine rings is 1. The molecule has 3 aromatic rings. The molecule has 0 spiro atoms. The Hall–Kier alpha value is -3.10. The third kappa shape index (κ3) is 3.06. The summed E-state index contributed by atoms with van der Waals surface area (Å²) in [5.74, 6) is 0.757. The molecular formula is C23H21N3O2. The van der Waals surface area contributed by atoms with E-state index in [9.17, 15) is 0 Å². The zero-order chi connectivity index (χ0) is 19.3. The van der Waals surface area contributed by atoms with E-state index in [1.165, 1.54) is 16.6 Å². The van der Waals surface area contributed by atoms with Crippen molar-refractivity contribution in [2.75, 3.05) is 18.0 Å². The van der Waals surface area contributed by atoms with Crippen molar-refractivity contribution < 1.29 is 9.47 Å². The Morgan fingerprint density at radius 2 is 1.89 bits per heavy atom. The molecule has 1 unspecified atom stereocenters. The van der Waals surface area contributed by atoms with E-state index in [1.807, 2.05) is 19.1 Å². The molecule has 2 aromatic carbocycles. The van der Waals surface area contributed by atoms with Gasteiger partial charge < -0.3 is 14.4 Å². The van der Waals surface area contributed by atoms with E-state index in [0.717, 1.165) is 35.6 Å². The van der Waals surface area contributed by atoms with Crippen LogP contribution in [0.5, 0.6) is 5.75 Å². The Kier molecular flexibility index (Phi) is 3.96. The molecule has 0 aliphatic carbocycles. The SMILES string of the molecule is Cc1cc(N2CC3O[C@H]3C2)c2cc(C)c(COc3ccc(C#N)cc3)cc2n1. The molecule has 2 saturated heterocycles. The van der Waals surface area contributed by atoms with Crippen molar-refractivity contribution in [3.05, 3.63) is 64.8 Å². The zero-order valence-corrected chi connectivity index (χ0v) is 16.0. The summed E-state index contributed by atoms with van der Waals surface area (Å²) in [4.78, 5) is 7.19. The zero-order valence-electron chi connectivity index (χ0n) is 16.0. The van der Waals surface area contributed by atoms with Gasteiger partial charge in [0, 0.05) is 29.9 Å². The van der Waals surface area contributed by atoms with Crippen molar-refractivity contribution >= 4 is 16.6 Å². The number of hydrogen-bond donors (Lipinski definition) is 0. The molecule has 0 bridgehead atoms. The summed E-state index contributed by atoms with van der Waals surface area (Å²) < 4.78 is 11.5. The van der Waals surface area contributed by atoms with Gasteiger partial charge in [0.2, 0.25) is 0 Å². The minimum absolute atomic E-state index is 0.407. The van der Waals surface area contributed by atoms with Crippen LogP contribution in [0.15, 0.2) is 42.5 Å². The van der Waals surface area contributed by atoms with Crippen LogP contribution in [-0.4, -0.2) is 30.3 Å². The first-order valence-electron chi connectivity index (χ1n) is 9.55. The van der Waals surface area contributed by atoms with Crippen LogP contribution < -0.4 is 9.64 Å². The number of nitrogens with zero attached hydrogens (tertiary/aromatic N) is 3. The smallest absolute Gasteiger partial charge is 0.119 e. The average molecular weight is 371 g/mol. The fourth-order valence-corrected chi connectivity index (χ4v) is 3.95. The maximum atomic E-state index is 8.91. The van der Waals surface area contributed by atoms with Crippen LogP contribution in [0, 0.1) is 25.2 Å². The van der Waals surface area contributed by atoms with Crippen LogP contribution in [0.4, 0.5) is 5.69 Å². The molecule has 5 heteroatoms.